The Balaban J connectivity index is 2.82. The first kappa shape index (κ1) is 15.8. The molecule has 4 heteroatoms. The van der Waals surface area contributed by atoms with Gasteiger partial charge in [-0.05, 0) is 37.9 Å². The van der Waals surface area contributed by atoms with E-state index in [1.165, 1.54) is 12.1 Å². The van der Waals surface area contributed by atoms with Crippen molar-refractivity contribution in [2.45, 2.75) is 38.9 Å². The minimum atomic E-state index is -4.29. The summed E-state index contributed by atoms with van der Waals surface area (Å²) in [5, 5.41) is 3.29. The van der Waals surface area contributed by atoms with Gasteiger partial charge in [0.05, 0.1) is 5.56 Å². The molecule has 1 aromatic rings. The summed E-state index contributed by atoms with van der Waals surface area (Å²) in [5.74, 6) is 0. The van der Waals surface area contributed by atoms with Crippen LogP contribution in [0.3, 0.4) is 0 Å². The molecule has 0 fully saturated rings. The van der Waals surface area contributed by atoms with Crippen molar-refractivity contribution in [1.82, 2.24) is 5.32 Å². The lowest BCUT2D eigenvalue weighted by Gasteiger charge is -2.19. The van der Waals surface area contributed by atoms with Crippen LogP contribution in [0.15, 0.2) is 36.4 Å². The summed E-state index contributed by atoms with van der Waals surface area (Å²) in [4.78, 5) is 0. The van der Waals surface area contributed by atoms with Gasteiger partial charge in [0.25, 0.3) is 0 Å². The fraction of sp³-hybridized carbons (Fsp3) is 0.467. The highest BCUT2D eigenvalue weighted by molar-refractivity contribution is 5.27. The molecule has 1 unspecified atom stereocenters. The van der Waals surface area contributed by atoms with Crippen molar-refractivity contribution in [2.24, 2.45) is 0 Å². The molecule has 0 saturated heterocycles. The van der Waals surface area contributed by atoms with Gasteiger partial charge in [-0.25, -0.2) is 0 Å². The van der Waals surface area contributed by atoms with Crippen LogP contribution in [0.4, 0.5) is 13.2 Å². The van der Waals surface area contributed by atoms with Gasteiger partial charge in [-0.2, -0.15) is 13.2 Å². The van der Waals surface area contributed by atoms with Crippen molar-refractivity contribution in [2.75, 3.05) is 6.54 Å². The Labute approximate surface area is 112 Å². The first-order valence-corrected chi connectivity index (χ1v) is 6.39. The zero-order valence-corrected chi connectivity index (χ0v) is 11.3. The summed E-state index contributed by atoms with van der Waals surface area (Å²) < 4.78 is 37.9. The van der Waals surface area contributed by atoms with Crippen LogP contribution in [0, 0.1) is 0 Å². The number of halogens is 3. The van der Waals surface area contributed by atoms with Crippen LogP contribution in [-0.2, 0) is 12.6 Å². The van der Waals surface area contributed by atoms with Gasteiger partial charge in [0.15, 0.2) is 0 Å². The molecule has 0 aliphatic heterocycles. The van der Waals surface area contributed by atoms with E-state index in [1.54, 1.807) is 6.07 Å². The molecule has 0 radical (unpaired) electrons. The Bertz CT molecular complexity index is 424. The summed E-state index contributed by atoms with van der Waals surface area (Å²) in [6.07, 6.45) is -2.78. The third kappa shape index (κ3) is 5.07. The van der Waals surface area contributed by atoms with Crippen LogP contribution in [0.5, 0.6) is 0 Å². The number of nitrogens with one attached hydrogen (secondary N) is 1. The van der Waals surface area contributed by atoms with E-state index in [2.05, 4.69) is 11.9 Å². The van der Waals surface area contributed by atoms with Crippen LogP contribution in [0.2, 0.25) is 0 Å². The van der Waals surface area contributed by atoms with E-state index < -0.39 is 11.7 Å². The second-order valence-corrected chi connectivity index (χ2v) is 4.76. The Hall–Kier alpha value is -1.29. The minimum absolute atomic E-state index is 0.0171. The zero-order valence-electron chi connectivity index (χ0n) is 11.3. The fourth-order valence-electron chi connectivity index (χ4n) is 1.85. The number of rotatable bonds is 6. The zero-order chi connectivity index (χ0) is 14.5. The average Bonchev–Trinajstić information content (AvgIpc) is 2.33. The molecule has 106 valence electrons. The highest BCUT2D eigenvalue weighted by atomic mass is 19.4. The molecular formula is C15H20F3N. The minimum Gasteiger partial charge on any atom is -0.310 e. The monoisotopic (exact) mass is 271 g/mol. The lowest BCUT2D eigenvalue weighted by atomic mass is 9.99. The molecule has 0 bridgehead atoms. The molecule has 0 spiro atoms. The maximum atomic E-state index is 12.6. The van der Waals surface area contributed by atoms with Crippen LogP contribution in [0.1, 0.15) is 31.4 Å². The van der Waals surface area contributed by atoms with Crippen molar-refractivity contribution in [1.29, 1.82) is 0 Å². The molecule has 0 saturated carbocycles. The van der Waals surface area contributed by atoms with Gasteiger partial charge >= 0.3 is 6.18 Å². The molecule has 19 heavy (non-hydrogen) atoms. The van der Waals surface area contributed by atoms with Gasteiger partial charge in [-0.1, -0.05) is 37.3 Å². The molecule has 0 amide bonds. The quantitative estimate of drug-likeness (QED) is 0.765. The highest BCUT2D eigenvalue weighted by Crippen LogP contribution is 2.29. The van der Waals surface area contributed by atoms with Gasteiger partial charge in [-0.3, -0.25) is 0 Å². The molecular weight excluding hydrogens is 251 g/mol. The lowest BCUT2D eigenvalue weighted by Crippen LogP contribution is -2.32. The first-order chi connectivity index (χ1) is 8.84. The number of hydrogen-bond donors (Lipinski definition) is 1. The molecule has 1 aromatic carbocycles. The Kier molecular flexibility index (Phi) is 5.60. The topological polar surface area (TPSA) is 12.0 Å². The summed E-state index contributed by atoms with van der Waals surface area (Å²) in [7, 11) is 0. The molecule has 0 aliphatic rings. The van der Waals surface area contributed by atoms with E-state index in [1.807, 2.05) is 13.8 Å². The largest absolute Gasteiger partial charge is 0.416 e. The standard InChI is InChI=1S/C15H20F3N/c1-4-8-19-14(11(2)3)10-12-6-5-7-13(9-12)15(16,17)18/h5-7,9,14,19H,2,4,8,10H2,1,3H3. The molecule has 0 heterocycles. The van der Waals surface area contributed by atoms with Gasteiger partial charge in [0.2, 0.25) is 0 Å². The number of alkyl halides is 3. The van der Waals surface area contributed by atoms with E-state index >= 15 is 0 Å². The Morgan fingerprint density at radius 2 is 2.05 bits per heavy atom. The van der Waals surface area contributed by atoms with Crippen molar-refractivity contribution in [3.63, 3.8) is 0 Å². The Morgan fingerprint density at radius 1 is 1.37 bits per heavy atom. The lowest BCUT2D eigenvalue weighted by molar-refractivity contribution is -0.137. The summed E-state index contributed by atoms with van der Waals surface area (Å²) >= 11 is 0. The summed E-state index contributed by atoms with van der Waals surface area (Å²) in [6.45, 7) is 8.66. The molecule has 0 aromatic heterocycles. The van der Waals surface area contributed by atoms with Crippen LogP contribution < -0.4 is 5.32 Å². The average molecular weight is 271 g/mol. The van der Waals surface area contributed by atoms with Crippen LogP contribution >= 0.6 is 0 Å². The number of hydrogen-bond acceptors (Lipinski definition) is 1. The normalized spacial score (nSPS) is 13.3. The van der Waals surface area contributed by atoms with Gasteiger partial charge in [0.1, 0.15) is 0 Å². The molecule has 1 rings (SSSR count). The van der Waals surface area contributed by atoms with Gasteiger partial charge in [0, 0.05) is 6.04 Å². The van der Waals surface area contributed by atoms with E-state index in [4.69, 9.17) is 0 Å². The summed E-state index contributed by atoms with van der Waals surface area (Å²) in [6, 6.07) is 5.50. The SMILES string of the molecule is C=C(C)C(Cc1cccc(C(F)(F)F)c1)NCCC. The van der Waals surface area contributed by atoms with Crippen molar-refractivity contribution in [3.05, 3.63) is 47.5 Å². The van der Waals surface area contributed by atoms with Crippen molar-refractivity contribution >= 4 is 0 Å². The second kappa shape index (κ2) is 6.75. The maximum Gasteiger partial charge on any atom is 0.416 e. The van der Waals surface area contributed by atoms with Crippen molar-refractivity contribution in [3.8, 4) is 0 Å². The smallest absolute Gasteiger partial charge is 0.310 e. The Morgan fingerprint density at radius 3 is 2.58 bits per heavy atom. The van der Waals surface area contributed by atoms with E-state index in [0.717, 1.165) is 24.6 Å². The highest BCUT2D eigenvalue weighted by Gasteiger charge is 2.30. The molecule has 1 atom stereocenters. The summed E-state index contributed by atoms with van der Waals surface area (Å²) in [5.41, 5.74) is 1.01. The predicted molar refractivity (Wildman–Crippen MR) is 72.0 cm³/mol. The maximum absolute atomic E-state index is 12.6. The molecule has 1 N–H and O–H groups in total. The van der Waals surface area contributed by atoms with Gasteiger partial charge < -0.3 is 5.32 Å². The molecule has 1 nitrogen and oxygen atoms in total. The van der Waals surface area contributed by atoms with E-state index in [0.29, 0.717) is 12.0 Å². The molecule has 0 aliphatic carbocycles. The van der Waals surface area contributed by atoms with Crippen molar-refractivity contribution < 1.29 is 13.2 Å². The van der Waals surface area contributed by atoms with Gasteiger partial charge in [-0.15, -0.1) is 0 Å². The number of benzene rings is 1. The fourth-order valence-corrected chi connectivity index (χ4v) is 1.85. The second-order valence-electron chi connectivity index (χ2n) is 4.76. The van der Waals surface area contributed by atoms with E-state index in [-0.39, 0.29) is 6.04 Å². The first-order valence-electron chi connectivity index (χ1n) is 6.39. The van der Waals surface area contributed by atoms with Crippen LogP contribution in [-0.4, -0.2) is 12.6 Å². The third-order valence-corrected chi connectivity index (χ3v) is 2.93. The third-order valence-electron chi connectivity index (χ3n) is 2.93. The van der Waals surface area contributed by atoms with Crippen LogP contribution in [0.25, 0.3) is 0 Å². The van der Waals surface area contributed by atoms with E-state index in [9.17, 15) is 13.2 Å². The predicted octanol–water partition coefficient (Wildman–Crippen LogP) is 4.19.